The van der Waals surface area contributed by atoms with E-state index in [2.05, 4.69) is 5.32 Å². The molecular weight excluding hydrogens is 457 g/mol. The number of carbonyl (C=O) groups excluding carboxylic acids is 2. The van der Waals surface area contributed by atoms with E-state index in [1.807, 2.05) is 0 Å². The van der Waals surface area contributed by atoms with Crippen molar-refractivity contribution in [2.24, 2.45) is 0 Å². The molecule has 1 N–H and O–H groups in total. The lowest BCUT2D eigenvalue weighted by Crippen LogP contribution is -2.36. The number of dihydropyridines is 1. The Labute approximate surface area is 202 Å². The zero-order valence-electron chi connectivity index (χ0n) is 18.9. The molecule has 0 unspecified atom stereocenters. The summed E-state index contributed by atoms with van der Waals surface area (Å²) < 4.78 is 25.0. The molecule has 0 radical (unpaired) electrons. The van der Waals surface area contributed by atoms with E-state index in [0.29, 0.717) is 46.1 Å². The number of ketones is 2. The van der Waals surface area contributed by atoms with Crippen molar-refractivity contribution < 1.29 is 23.5 Å². The monoisotopic (exact) mass is 481 g/mol. The molecule has 34 heavy (non-hydrogen) atoms. The van der Waals surface area contributed by atoms with Gasteiger partial charge in [-0.2, -0.15) is 0 Å². The Morgan fingerprint density at radius 1 is 1.00 bits per heavy atom. The first-order valence-corrected chi connectivity index (χ1v) is 11.9. The van der Waals surface area contributed by atoms with Gasteiger partial charge in [-0.1, -0.05) is 23.7 Å². The van der Waals surface area contributed by atoms with Gasteiger partial charge in [-0.25, -0.2) is 4.39 Å². The number of ether oxygens (including phenoxy) is 2. The molecule has 0 saturated heterocycles. The van der Waals surface area contributed by atoms with Gasteiger partial charge in [-0.3, -0.25) is 9.59 Å². The lowest BCUT2D eigenvalue weighted by molar-refractivity contribution is -0.116. The second-order valence-corrected chi connectivity index (χ2v) is 9.26. The van der Waals surface area contributed by atoms with Gasteiger partial charge in [0.25, 0.3) is 0 Å². The van der Waals surface area contributed by atoms with Gasteiger partial charge < -0.3 is 14.8 Å². The largest absolute Gasteiger partial charge is 0.493 e. The van der Waals surface area contributed by atoms with Gasteiger partial charge in [-0.05, 0) is 61.1 Å². The SMILES string of the molecule is COc1cc(C2C3=C(CCCC3=O)NC3=C2C(=O)CCC3)cc(Cl)c1OCc1cccc(F)c1. The summed E-state index contributed by atoms with van der Waals surface area (Å²) in [5.41, 5.74) is 4.53. The second-order valence-electron chi connectivity index (χ2n) is 8.85. The lowest BCUT2D eigenvalue weighted by atomic mass is 9.71. The van der Waals surface area contributed by atoms with Crippen LogP contribution in [0.5, 0.6) is 11.5 Å². The number of allylic oxidation sites excluding steroid dienone is 4. The molecule has 0 bridgehead atoms. The Kier molecular flexibility index (Phi) is 6.17. The number of hydrogen-bond donors (Lipinski definition) is 1. The van der Waals surface area contributed by atoms with Crippen molar-refractivity contribution in [3.8, 4) is 11.5 Å². The molecule has 2 aromatic rings. The highest BCUT2D eigenvalue weighted by Gasteiger charge is 2.40. The molecule has 0 amide bonds. The van der Waals surface area contributed by atoms with E-state index in [0.717, 1.165) is 42.6 Å². The van der Waals surface area contributed by atoms with Crippen LogP contribution in [0.25, 0.3) is 0 Å². The van der Waals surface area contributed by atoms with Crippen LogP contribution in [0.1, 0.15) is 55.6 Å². The molecule has 176 valence electrons. The number of methoxy groups -OCH3 is 1. The minimum absolute atomic E-state index is 0.0604. The van der Waals surface area contributed by atoms with Crippen molar-refractivity contribution in [2.75, 3.05) is 7.11 Å². The molecule has 0 aromatic heterocycles. The predicted molar refractivity (Wildman–Crippen MR) is 126 cm³/mol. The summed E-state index contributed by atoms with van der Waals surface area (Å²) in [5, 5.41) is 3.72. The number of benzene rings is 2. The highest BCUT2D eigenvalue weighted by molar-refractivity contribution is 6.32. The molecular formula is C27H25ClFNO4. The smallest absolute Gasteiger partial charge is 0.180 e. The molecule has 1 heterocycles. The first kappa shape index (κ1) is 22.7. The number of hydrogen-bond acceptors (Lipinski definition) is 5. The summed E-state index contributed by atoms with van der Waals surface area (Å²) in [4.78, 5) is 26.1. The zero-order chi connectivity index (χ0) is 23.8. The van der Waals surface area contributed by atoms with Gasteiger partial charge in [0, 0.05) is 41.3 Å². The number of Topliss-reactive ketones (excluding diaryl/α,β-unsaturated/α-hetero) is 2. The number of rotatable bonds is 5. The summed E-state index contributed by atoms with van der Waals surface area (Å²) in [6.07, 6.45) is 4.08. The van der Waals surface area contributed by atoms with Crippen LogP contribution in [0, 0.1) is 5.82 Å². The highest BCUT2D eigenvalue weighted by Crippen LogP contribution is 2.48. The molecule has 7 heteroatoms. The summed E-state index contributed by atoms with van der Waals surface area (Å²) in [6.45, 7) is 0.113. The zero-order valence-corrected chi connectivity index (χ0v) is 19.6. The van der Waals surface area contributed by atoms with Crippen molar-refractivity contribution in [1.29, 1.82) is 0 Å². The van der Waals surface area contributed by atoms with E-state index in [1.54, 1.807) is 24.3 Å². The summed E-state index contributed by atoms with van der Waals surface area (Å²) in [5.74, 6) is 0.0292. The van der Waals surface area contributed by atoms with Crippen LogP contribution in [-0.2, 0) is 16.2 Å². The molecule has 1 aliphatic heterocycles. The fourth-order valence-electron chi connectivity index (χ4n) is 5.15. The average Bonchev–Trinajstić information content (AvgIpc) is 2.82. The van der Waals surface area contributed by atoms with E-state index in [1.165, 1.54) is 19.2 Å². The van der Waals surface area contributed by atoms with E-state index >= 15 is 0 Å². The third kappa shape index (κ3) is 4.11. The predicted octanol–water partition coefficient (Wildman–Crippen LogP) is 5.77. The standard InChI is InChI=1S/C27H25ClFNO4/c1-33-23-13-16(12-18(28)27(23)34-14-15-5-2-6-17(29)11-15)24-25-19(7-3-9-21(25)31)30-20-8-4-10-22(32)26(20)24/h2,5-6,11-13,24,30H,3-4,7-10,14H2,1H3. The van der Waals surface area contributed by atoms with Crippen LogP contribution in [0.2, 0.25) is 5.02 Å². The van der Waals surface area contributed by atoms with E-state index < -0.39 is 5.92 Å². The molecule has 0 fully saturated rings. The molecule has 3 aliphatic rings. The molecule has 0 atom stereocenters. The van der Waals surface area contributed by atoms with Crippen molar-refractivity contribution in [2.45, 2.75) is 51.0 Å². The summed E-state index contributed by atoms with van der Waals surface area (Å²) in [7, 11) is 1.51. The van der Waals surface area contributed by atoms with Crippen LogP contribution in [0.3, 0.4) is 0 Å². The third-order valence-electron chi connectivity index (χ3n) is 6.65. The van der Waals surface area contributed by atoms with Crippen LogP contribution >= 0.6 is 11.6 Å². The van der Waals surface area contributed by atoms with Crippen molar-refractivity contribution in [3.63, 3.8) is 0 Å². The molecule has 2 aliphatic carbocycles. The van der Waals surface area contributed by atoms with E-state index in [4.69, 9.17) is 21.1 Å². The summed E-state index contributed by atoms with van der Waals surface area (Å²) in [6, 6.07) is 9.69. The molecule has 0 saturated carbocycles. The van der Waals surface area contributed by atoms with Crippen molar-refractivity contribution in [3.05, 3.63) is 80.9 Å². The van der Waals surface area contributed by atoms with Gasteiger partial charge in [0.15, 0.2) is 23.1 Å². The Morgan fingerprint density at radius 3 is 2.29 bits per heavy atom. The van der Waals surface area contributed by atoms with Crippen LogP contribution in [0.4, 0.5) is 4.39 Å². The Morgan fingerprint density at radius 2 is 1.68 bits per heavy atom. The Bertz CT molecular complexity index is 1210. The maximum atomic E-state index is 13.5. The number of halogens is 2. The second kappa shape index (κ2) is 9.26. The minimum atomic E-state index is -0.476. The fraction of sp³-hybridized carbons (Fsp3) is 0.333. The van der Waals surface area contributed by atoms with Gasteiger partial charge in [0.05, 0.1) is 12.1 Å². The highest BCUT2D eigenvalue weighted by atomic mass is 35.5. The first-order valence-electron chi connectivity index (χ1n) is 11.5. The first-order chi connectivity index (χ1) is 16.5. The fourth-order valence-corrected chi connectivity index (χ4v) is 5.42. The lowest BCUT2D eigenvalue weighted by Gasteiger charge is -2.37. The van der Waals surface area contributed by atoms with E-state index in [9.17, 15) is 14.0 Å². The van der Waals surface area contributed by atoms with Crippen molar-refractivity contribution >= 4 is 23.2 Å². The minimum Gasteiger partial charge on any atom is -0.493 e. The van der Waals surface area contributed by atoms with Crippen LogP contribution in [-0.4, -0.2) is 18.7 Å². The van der Waals surface area contributed by atoms with Gasteiger partial charge >= 0.3 is 0 Å². The Hall–Kier alpha value is -3.12. The normalized spacial score (nSPS) is 18.4. The van der Waals surface area contributed by atoms with Crippen LogP contribution in [0.15, 0.2) is 58.9 Å². The maximum Gasteiger partial charge on any atom is 0.180 e. The number of nitrogens with one attached hydrogen (secondary N) is 1. The van der Waals surface area contributed by atoms with E-state index in [-0.39, 0.29) is 24.0 Å². The van der Waals surface area contributed by atoms with Gasteiger partial charge in [0.2, 0.25) is 0 Å². The molecule has 5 nitrogen and oxygen atoms in total. The van der Waals surface area contributed by atoms with Gasteiger partial charge in [0.1, 0.15) is 12.4 Å². The number of carbonyl (C=O) groups is 2. The van der Waals surface area contributed by atoms with Gasteiger partial charge in [-0.15, -0.1) is 0 Å². The topological polar surface area (TPSA) is 64.6 Å². The molecule has 5 rings (SSSR count). The summed E-state index contributed by atoms with van der Waals surface area (Å²) >= 11 is 6.66. The van der Waals surface area contributed by atoms with Crippen molar-refractivity contribution in [1.82, 2.24) is 5.32 Å². The van der Waals surface area contributed by atoms with Crippen LogP contribution < -0.4 is 14.8 Å². The average molecular weight is 482 g/mol. The quantitative estimate of drug-likeness (QED) is 0.587. The maximum absolute atomic E-state index is 13.5. The Balaban J connectivity index is 1.56. The molecule has 2 aromatic carbocycles. The third-order valence-corrected chi connectivity index (χ3v) is 6.93. The molecule has 0 spiro atoms.